The number of fused-ring (bicyclic) bond motifs is 2. The van der Waals surface area contributed by atoms with E-state index in [0.29, 0.717) is 70.6 Å². The van der Waals surface area contributed by atoms with E-state index in [1.165, 1.54) is 36.4 Å². The molecule has 8 rings (SSSR count). The Morgan fingerprint density at radius 2 is 1.07 bits per heavy atom. The summed E-state index contributed by atoms with van der Waals surface area (Å²) >= 11 is 0. The largest absolute Gasteiger partial charge is 0.364 e. The lowest BCUT2D eigenvalue weighted by atomic mass is 10.1. The number of hydrogen-bond donors (Lipinski definition) is 4. The van der Waals surface area contributed by atoms with Gasteiger partial charge in [0.1, 0.15) is 23.0 Å². The molecule has 0 saturated carbocycles. The normalized spacial score (nSPS) is 10.8. The third-order valence-corrected chi connectivity index (χ3v) is 11.0. The molecule has 0 aliphatic carbocycles. The van der Waals surface area contributed by atoms with E-state index in [9.17, 15) is 28.0 Å². The molecule has 4 amide bonds. The highest BCUT2D eigenvalue weighted by Crippen LogP contribution is 2.28. The number of anilines is 2. The van der Waals surface area contributed by atoms with Crippen LogP contribution in [-0.4, -0.2) is 53.2 Å². The molecule has 0 saturated heterocycles. The van der Waals surface area contributed by atoms with Crippen LogP contribution in [0.4, 0.5) is 20.2 Å². The molecule has 0 atom stereocenters. The maximum atomic E-state index is 13.7. The minimum Gasteiger partial charge on any atom is -0.364 e. The van der Waals surface area contributed by atoms with Crippen molar-refractivity contribution in [2.75, 3.05) is 10.6 Å². The number of carbonyl (C=O) groups is 4. The van der Waals surface area contributed by atoms with E-state index in [-0.39, 0.29) is 33.5 Å². The number of nitrogens with two attached hydrogens (primary N) is 2. The molecule has 0 bridgehead atoms. The Morgan fingerprint density at radius 1 is 0.618 bits per heavy atom. The molecular weight excluding hydrogens is 871 g/mol. The van der Waals surface area contributed by atoms with E-state index < -0.39 is 35.3 Å². The average molecular weight is 913 g/mol. The first-order valence-electron chi connectivity index (χ1n) is 21.1. The van der Waals surface area contributed by atoms with Gasteiger partial charge in [0.05, 0.1) is 92.7 Å². The van der Waals surface area contributed by atoms with Crippen molar-refractivity contribution in [3.8, 4) is 12.1 Å². The fourth-order valence-corrected chi connectivity index (χ4v) is 7.56. The summed E-state index contributed by atoms with van der Waals surface area (Å²) in [5, 5.41) is 33.8. The van der Waals surface area contributed by atoms with Crippen molar-refractivity contribution in [3.05, 3.63) is 176 Å². The van der Waals surface area contributed by atoms with Crippen LogP contribution in [0.3, 0.4) is 0 Å². The molecule has 4 heterocycles. The smallest absolute Gasteiger partial charge is 0.267 e. The molecule has 0 aliphatic rings. The molecule has 68 heavy (non-hydrogen) atoms. The minimum atomic E-state index is -0.819. The van der Waals surface area contributed by atoms with Gasteiger partial charge < -0.3 is 22.1 Å². The Morgan fingerprint density at radius 3 is 1.50 bits per heavy atom. The third kappa shape index (κ3) is 10.0. The Kier molecular flexibility index (Phi) is 13.7. The summed E-state index contributed by atoms with van der Waals surface area (Å²) in [6.07, 6.45) is 1.17. The fourth-order valence-electron chi connectivity index (χ4n) is 7.56. The summed E-state index contributed by atoms with van der Waals surface area (Å²) in [6.45, 7) is 8.45. The van der Waals surface area contributed by atoms with E-state index in [4.69, 9.17) is 22.0 Å². The molecule has 0 spiro atoms. The average Bonchev–Trinajstić information content (AvgIpc) is 3.79. The summed E-state index contributed by atoms with van der Waals surface area (Å²) < 4.78 is 31.1. The van der Waals surface area contributed by atoms with Gasteiger partial charge in [0, 0.05) is 22.9 Å². The van der Waals surface area contributed by atoms with Crippen molar-refractivity contribution in [1.29, 1.82) is 10.5 Å². The van der Waals surface area contributed by atoms with Gasteiger partial charge in [-0.15, -0.1) is 0 Å². The van der Waals surface area contributed by atoms with Gasteiger partial charge >= 0.3 is 0 Å². The number of nitrogens with one attached hydrogen (secondary N) is 2. The quantitative estimate of drug-likeness (QED) is 0.0943. The van der Waals surface area contributed by atoms with E-state index in [0.717, 1.165) is 34.6 Å². The van der Waals surface area contributed by atoms with Crippen molar-refractivity contribution in [1.82, 2.24) is 29.5 Å². The monoisotopic (exact) mass is 912 g/mol. The van der Waals surface area contributed by atoms with Crippen LogP contribution in [0.25, 0.3) is 21.8 Å². The number of halogens is 2. The molecule has 0 fully saturated rings. The van der Waals surface area contributed by atoms with Crippen molar-refractivity contribution < 1.29 is 28.0 Å². The van der Waals surface area contributed by atoms with Crippen LogP contribution < -0.4 is 22.1 Å². The highest BCUT2D eigenvalue weighted by atomic mass is 19.1. The second kappa shape index (κ2) is 19.9. The SMILES string of the molecule is CCc1c(NC(=O)c2cc(C(N)=O)nc3cc(F)ccc23)c(C)nn1Cc1ccc(C#N)cc1.CCc1nn(Cc2ccc(C#N)cc2)c(C)c1NC(=O)c1cc(C(N)=O)nc2cc(F)ccc12. The zero-order chi connectivity index (χ0) is 48.8. The molecule has 0 aliphatic heterocycles. The molecule has 6 N–H and O–H groups in total. The first kappa shape index (κ1) is 46.8. The molecule has 8 aromatic rings. The number of amides is 4. The lowest BCUT2D eigenvalue weighted by Gasteiger charge is -2.11. The number of hydrogen-bond acceptors (Lipinski definition) is 10. The highest BCUT2D eigenvalue weighted by Gasteiger charge is 2.23. The zero-order valence-electron chi connectivity index (χ0n) is 37.2. The first-order valence-corrected chi connectivity index (χ1v) is 21.1. The molecule has 4 aromatic carbocycles. The number of aromatic nitrogens is 6. The number of nitrogens with zero attached hydrogens (tertiary/aromatic N) is 8. The standard InChI is InChI=1S/2C25H21FN6O2/c1-3-22-23(14(2)31-32(22)13-16-6-4-15(12-27)5-7-16)30-25(34)19-11-21(24(28)33)29-20-10-17(26)8-9-18(19)20;1-3-20-23(14(2)32(31-20)13-16-6-4-15(12-27)5-7-16)30-25(34)19-11-22(24(28)33)29-21-10-17(26)8-9-18(19)21/h2*4-11H,3,13H2,1-2H3,(H2,28,33)(H,30,34). The number of pyridine rings is 2. The maximum absolute atomic E-state index is 13.7. The number of nitriles is 2. The second-order valence-corrected chi connectivity index (χ2v) is 15.5. The van der Waals surface area contributed by atoms with E-state index >= 15 is 0 Å². The van der Waals surface area contributed by atoms with Gasteiger partial charge in [-0.3, -0.25) is 28.5 Å². The summed E-state index contributed by atoms with van der Waals surface area (Å²) in [5.41, 5.74) is 18.2. The Hall–Kier alpha value is -9.16. The predicted octanol–water partition coefficient (Wildman–Crippen LogP) is 7.42. The number of primary amides is 2. The van der Waals surface area contributed by atoms with E-state index in [1.807, 2.05) is 45.0 Å². The van der Waals surface area contributed by atoms with Crippen molar-refractivity contribution in [2.24, 2.45) is 11.5 Å². The van der Waals surface area contributed by atoms with Gasteiger partial charge in [-0.05, 0) is 98.5 Å². The summed E-state index contributed by atoms with van der Waals surface area (Å²) in [5.74, 6) is -3.70. The van der Waals surface area contributed by atoms with Crippen LogP contribution in [0.1, 0.15) is 101 Å². The van der Waals surface area contributed by atoms with Gasteiger partial charge in [0.2, 0.25) is 0 Å². The van der Waals surface area contributed by atoms with Gasteiger partial charge in [-0.25, -0.2) is 18.7 Å². The molecule has 18 heteroatoms. The Balaban J connectivity index is 0.000000201. The van der Waals surface area contributed by atoms with E-state index in [1.54, 1.807) is 40.6 Å². The molecular formula is C50H42F2N12O4. The van der Waals surface area contributed by atoms with Crippen LogP contribution in [0.5, 0.6) is 0 Å². The van der Waals surface area contributed by atoms with Crippen LogP contribution in [0.15, 0.2) is 97.1 Å². The number of carbonyl (C=O) groups excluding carboxylic acids is 4. The summed E-state index contributed by atoms with van der Waals surface area (Å²) in [6, 6.07) is 28.8. The van der Waals surface area contributed by atoms with Crippen LogP contribution in [0.2, 0.25) is 0 Å². The minimum absolute atomic E-state index is 0.132. The molecule has 16 nitrogen and oxygen atoms in total. The van der Waals surface area contributed by atoms with Gasteiger partial charge in [0.15, 0.2) is 0 Å². The van der Waals surface area contributed by atoms with Crippen LogP contribution in [0, 0.1) is 48.1 Å². The molecule has 340 valence electrons. The Bertz CT molecular complexity index is 3270. The number of benzene rings is 4. The van der Waals surface area contributed by atoms with Crippen LogP contribution >= 0.6 is 0 Å². The first-order chi connectivity index (χ1) is 32.6. The maximum Gasteiger partial charge on any atom is 0.267 e. The zero-order valence-corrected chi connectivity index (χ0v) is 37.2. The fraction of sp³-hybridized carbons (Fsp3) is 0.160. The third-order valence-electron chi connectivity index (χ3n) is 11.0. The number of rotatable bonds is 12. The van der Waals surface area contributed by atoms with Gasteiger partial charge in [0.25, 0.3) is 23.6 Å². The summed E-state index contributed by atoms with van der Waals surface area (Å²) in [7, 11) is 0. The van der Waals surface area contributed by atoms with Crippen LogP contribution in [-0.2, 0) is 25.9 Å². The topological polar surface area (TPSA) is 253 Å². The van der Waals surface area contributed by atoms with E-state index in [2.05, 4.69) is 42.9 Å². The number of aryl methyl sites for hydroxylation is 2. The molecule has 0 unspecified atom stereocenters. The van der Waals surface area contributed by atoms with Crippen molar-refractivity contribution in [2.45, 2.75) is 53.6 Å². The van der Waals surface area contributed by atoms with Crippen molar-refractivity contribution >= 4 is 56.8 Å². The molecule has 4 aromatic heterocycles. The summed E-state index contributed by atoms with van der Waals surface area (Å²) in [4.78, 5) is 58.2. The van der Waals surface area contributed by atoms with Gasteiger partial charge in [-0.1, -0.05) is 38.1 Å². The van der Waals surface area contributed by atoms with Gasteiger partial charge in [-0.2, -0.15) is 20.7 Å². The second-order valence-electron chi connectivity index (χ2n) is 15.5. The highest BCUT2D eigenvalue weighted by molar-refractivity contribution is 6.15. The lowest BCUT2D eigenvalue weighted by Crippen LogP contribution is -2.18. The molecule has 0 radical (unpaired) electrons. The predicted molar refractivity (Wildman–Crippen MR) is 250 cm³/mol. The Labute approximate surface area is 387 Å². The lowest BCUT2D eigenvalue weighted by molar-refractivity contribution is 0.0986. The van der Waals surface area contributed by atoms with Crippen molar-refractivity contribution in [3.63, 3.8) is 0 Å².